The Morgan fingerprint density at radius 1 is 1.30 bits per heavy atom. The molecule has 0 radical (unpaired) electrons. The number of H-pyrrole nitrogens is 1. The van der Waals surface area contributed by atoms with Gasteiger partial charge in [-0.25, -0.2) is 4.79 Å². The van der Waals surface area contributed by atoms with Crippen molar-refractivity contribution in [2.24, 2.45) is 7.05 Å². The fraction of sp³-hybridized carbons (Fsp3) is 0.391. The number of likely N-dealkylation sites (tertiary alicyclic amines) is 1. The van der Waals surface area contributed by atoms with Gasteiger partial charge in [0.1, 0.15) is 5.75 Å². The maximum atomic E-state index is 12.3. The lowest BCUT2D eigenvalue weighted by Gasteiger charge is -2.21. The molecule has 0 amide bonds. The highest BCUT2D eigenvalue weighted by Crippen LogP contribution is 2.32. The summed E-state index contributed by atoms with van der Waals surface area (Å²) in [7, 11) is 2.06. The highest BCUT2D eigenvalue weighted by Gasteiger charge is 2.23. The van der Waals surface area contributed by atoms with Gasteiger partial charge in [0, 0.05) is 41.8 Å². The third-order valence-corrected chi connectivity index (χ3v) is 6.34. The van der Waals surface area contributed by atoms with E-state index in [1.807, 2.05) is 25.1 Å². The molecule has 0 bridgehead atoms. The van der Waals surface area contributed by atoms with Gasteiger partial charge in [0.15, 0.2) is 5.56 Å². The standard InChI is InChI=1S/C23H27N3O4/c1-4-17-20(24-22(28)19(21(17)27)23(29)30)14-7-8-18-15(10-14)11-16(25(18)3)12-26-9-5-6-13(26)2/h7-8,10-11,13H,4-6,9,12H2,1-3H3,(H,29,30)(H2,24,27,28). The van der Waals surface area contributed by atoms with Crippen molar-refractivity contribution in [1.29, 1.82) is 0 Å². The molecular weight excluding hydrogens is 382 g/mol. The second-order valence-corrected chi connectivity index (χ2v) is 8.12. The summed E-state index contributed by atoms with van der Waals surface area (Å²) in [5, 5.41) is 20.7. The number of carboxylic acids is 1. The summed E-state index contributed by atoms with van der Waals surface area (Å²) in [6.45, 7) is 6.10. The molecule has 0 aliphatic carbocycles. The van der Waals surface area contributed by atoms with Gasteiger partial charge < -0.3 is 19.8 Å². The summed E-state index contributed by atoms with van der Waals surface area (Å²) in [4.78, 5) is 28.8. The summed E-state index contributed by atoms with van der Waals surface area (Å²) in [5.41, 5.74) is 2.54. The van der Waals surface area contributed by atoms with E-state index < -0.39 is 22.8 Å². The number of nitrogens with zero attached hydrogens (tertiary/aromatic N) is 2. The third kappa shape index (κ3) is 3.29. The van der Waals surface area contributed by atoms with Gasteiger partial charge in [-0.1, -0.05) is 13.0 Å². The van der Waals surface area contributed by atoms with Crippen molar-refractivity contribution in [2.75, 3.05) is 6.54 Å². The maximum Gasteiger partial charge on any atom is 0.345 e. The van der Waals surface area contributed by atoms with Gasteiger partial charge in [-0.15, -0.1) is 0 Å². The predicted molar refractivity (Wildman–Crippen MR) is 116 cm³/mol. The summed E-state index contributed by atoms with van der Waals surface area (Å²) in [6.07, 6.45) is 2.86. The van der Waals surface area contributed by atoms with E-state index in [1.54, 1.807) is 0 Å². The lowest BCUT2D eigenvalue weighted by Crippen LogP contribution is -2.27. The number of hydrogen-bond donors (Lipinski definition) is 3. The number of hydrogen-bond acceptors (Lipinski definition) is 4. The molecule has 158 valence electrons. The summed E-state index contributed by atoms with van der Waals surface area (Å²) in [5.74, 6) is -1.89. The highest BCUT2D eigenvalue weighted by molar-refractivity contribution is 5.92. The maximum absolute atomic E-state index is 12.3. The zero-order valence-corrected chi connectivity index (χ0v) is 17.5. The number of aryl methyl sites for hydroxylation is 1. The fourth-order valence-corrected chi connectivity index (χ4v) is 4.57. The fourth-order valence-electron chi connectivity index (χ4n) is 4.57. The van der Waals surface area contributed by atoms with Gasteiger partial charge in [0.2, 0.25) is 0 Å². The van der Waals surface area contributed by atoms with Crippen LogP contribution in [0.15, 0.2) is 29.1 Å². The van der Waals surface area contributed by atoms with E-state index in [9.17, 15) is 19.8 Å². The number of aromatic carboxylic acids is 1. The zero-order valence-electron chi connectivity index (χ0n) is 17.5. The number of fused-ring (bicyclic) bond motifs is 1. The first-order chi connectivity index (χ1) is 14.3. The molecule has 0 spiro atoms. The van der Waals surface area contributed by atoms with Gasteiger partial charge in [-0.2, -0.15) is 0 Å². The van der Waals surface area contributed by atoms with E-state index in [1.165, 1.54) is 18.5 Å². The smallest absolute Gasteiger partial charge is 0.345 e. The molecule has 1 atom stereocenters. The molecular formula is C23H27N3O4. The van der Waals surface area contributed by atoms with Crippen molar-refractivity contribution in [2.45, 2.75) is 45.7 Å². The molecule has 3 aromatic rings. The van der Waals surface area contributed by atoms with E-state index >= 15 is 0 Å². The van der Waals surface area contributed by atoms with Crippen LogP contribution in [0.1, 0.15) is 48.3 Å². The number of benzene rings is 1. The summed E-state index contributed by atoms with van der Waals surface area (Å²) < 4.78 is 2.19. The molecule has 1 aromatic carbocycles. The Labute approximate surface area is 174 Å². The first kappa shape index (κ1) is 20.2. The molecule has 2 aromatic heterocycles. The third-order valence-electron chi connectivity index (χ3n) is 6.34. The molecule has 1 aliphatic heterocycles. The van der Waals surface area contributed by atoms with Crippen molar-refractivity contribution in [3.05, 3.63) is 51.4 Å². The monoisotopic (exact) mass is 409 g/mol. The topological polar surface area (TPSA) is 98.6 Å². The average Bonchev–Trinajstić information content (AvgIpc) is 3.24. The molecule has 1 unspecified atom stereocenters. The molecule has 0 saturated carbocycles. The Morgan fingerprint density at radius 3 is 2.70 bits per heavy atom. The number of nitrogens with one attached hydrogen (secondary N) is 1. The molecule has 1 fully saturated rings. The number of aromatic nitrogens is 2. The van der Waals surface area contributed by atoms with Crippen LogP contribution < -0.4 is 5.56 Å². The minimum absolute atomic E-state index is 0.392. The number of carboxylic acid groups (broad SMARTS) is 1. The van der Waals surface area contributed by atoms with E-state index in [0.717, 1.165) is 29.6 Å². The first-order valence-corrected chi connectivity index (χ1v) is 10.4. The van der Waals surface area contributed by atoms with Crippen LogP contribution in [-0.4, -0.2) is 43.2 Å². The predicted octanol–water partition coefficient (Wildman–Crippen LogP) is 3.48. The van der Waals surface area contributed by atoms with Crippen molar-refractivity contribution in [3.8, 4) is 17.0 Å². The van der Waals surface area contributed by atoms with Crippen LogP contribution in [0.2, 0.25) is 0 Å². The van der Waals surface area contributed by atoms with E-state index in [0.29, 0.717) is 23.7 Å². The van der Waals surface area contributed by atoms with Crippen molar-refractivity contribution < 1.29 is 15.0 Å². The van der Waals surface area contributed by atoms with Crippen LogP contribution in [0, 0.1) is 0 Å². The number of aromatic hydroxyl groups is 1. The highest BCUT2D eigenvalue weighted by atomic mass is 16.4. The Morgan fingerprint density at radius 2 is 2.07 bits per heavy atom. The van der Waals surface area contributed by atoms with Crippen LogP contribution >= 0.6 is 0 Å². The zero-order chi connectivity index (χ0) is 21.6. The Kier molecular flexibility index (Phi) is 5.15. The normalized spacial score (nSPS) is 17.1. The number of rotatable bonds is 5. The van der Waals surface area contributed by atoms with Crippen LogP contribution in [0.5, 0.6) is 5.75 Å². The second-order valence-electron chi connectivity index (χ2n) is 8.12. The molecule has 30 heavy (non-hydrogen) atoms. The number of carbonyl (C=O) groups is 1. The van der Waals surface area contributed by atoms with Gasteiger partial charge in [-0.05, 0) is 56.5 Å². The molecule has 4 rings (SSSR count). The SMILES string of the molecule is CCc1c(-c2ccc3c(c2)cc(CN2CCCC2C)n3C)[nH]c(=O)c(C(=O)O)c1O. The largest absolute Gasteiger partial charge is 0.506 e. The van der Waals surface area contributed by atoms with Crippen LogP contribution in [0.3, 0.4) is 0 Å². The molecule has 1 saturated heterocycles. The molecule has 1 aliphatic rings. The van der Waals surface area contributed by atoms with E-state index in [2.05, 4.69) is 34.5 Å². The summed E-state index contributed by atoms with van der Waals surface area (Å²) in [6, 6.07) is 8.64. The molecule has 3 heterocycles. The minimum atomic E-state index is -1.44. The van der Waals surface area contributed by atoms with Gasteiger partial charge in [0.05, 0.1) is 5.69 Å². The Hall–Kier alpha value is -3.06. The van der Waals surface area contributed by atoms with Gasteiger partial charge >= 0.3 is 5.97 Å². The van der Waals surface area contributed by atoms with Crippen LogP contribution in [0.25, 0.3) is 22.2 Å². The summed E-state index contributed by atoms with van der Waals surface area (Å²) >= 11 is 0. The molecule has 7 heteroatoms. The molecule has 7 nitrogen and oxygen atoms in total. The quantitative estimate of drug-likeness (QED) is 0.599. The van der Waals surface area contributed by atoms with Crippen molar-refractivity contribution in [3.63, 3.8) is 0 Å². The molecule has 3 N–H and O–H groups in total. The lowest BCUT2D eigenvalue weighted by molar-refractivity contribution is 0.0691. The van der Waals surface area contributed by atoms with Crippen LogP contribution in [-0.2, 0) is 20.0 Å². The number of aromatic amines is 1. The lowest BCUT2D eigenvalue weighted by atomic mass is 9.99. The van der Waals surface area contributed by atoms with Crippen molar-refractivity contribution in [1.82, 2.24) is 14.5 Å². The second kappa shape index (κ2) is 7.65. The van der Waals surface area contributed by atoms with E-state index in [-0.39, 0.29) is 0 Å². The minimum Gasteiger partial charge on any atom is -0.506 e. The van der Waals surface area contributed by atoms with Gasteiger partial charge in [-0.3, -0.25) is 9.69 Å². The Bertz CT molecular complexity index is 1190. The number of pyridine rings is 1. The average molecular weight is 409 g/mol. The van der Waals surface area contributed by atoms with Gasteiger partial charge in [0.25, 0.3) is 5.56 Å². The first-order valence-electron chi connectivity index (χ1n) is 10.4. The van der Waals surface area contributed by atoms with E-state index in [4.69, 9.17) is 0 Å². The van der Waals surface area contributed by atoms with Crippen LogP contribution in [0.4, 0.5) is 0 Å². The van der Waals surface area contributed by atoms with Crippen molar-refractivity contribution >= 4 is 16.9 Å². The Balaban J connectivity index is 1.79.